The molecule has 0 spiro atoms. The average Bonchev–Trinajstić information content (AvgIpc) is 3.63. The number of benzene rings is 8. The van der Waals surface area contributed by atoms with Crippen molar-refractivity contribution < 1.29 is 0 Å². The van der Waals surface area contributed by atoms with Crippen molar-refractivity contribution in [2.75, 3.05) is 4.90 Å². The van der Waals surface area contributed by atoms with Crippen molar-refractivity contribution in [3.05, 3.63) is 212 Å². The van der Waals surface area contributed by atoms with E-state index in [2.05, 4.69) is 179 Å². The summed E-state index contributed by atoms with van der Waals surface area (Å²) in [7, 11) is 0. The van der Waals surface area contributed by atoms with E-state index in [1.54, 1.807) is 0 Å². The molecule has 2 aromatic heterocycles. The molecule has 0 aliphatic heterocycles. The van der Waals surface area contributed by atoms with E-state index in [0.29, 0.717) is 17.6 Å². The first-order chi connectivity index (χ1) is 27.8. The van der Waals surface area contributed by atoms with E-state index in [0.717, 1.165) is 72.2 Å². The Kier molecular flexibility index (Phi) is 8.43. The Balaban J connectivity index is 1.07. The predicted octanol–water partition coefficient (Wildman–Crippen LogP) is 13.1. The molecule has 0 saturated heterocycles. The van der Waals surface area contributed by atoms with Crippen molar-refractivity contribution in [2.24, 2.45) is 0 Å². The van der Waals surface area contributed by atoms with Crippen molar-refractivity contribution >= 4 is 38.9 Å². The molecule has 0 N–H and O–H groups in total. The number of hydrogen-bond acceptors (Lipinski definition) is 4. The SMILES string of the molecule is c1ccc(-c2nc(-c3ccc(-c4ccc(N(c5ccccc5)c5ccccc5)cc4)cc3)nc(-n3c4ccccc4c4cccc(-c5ccccc5)c43)n2)cc1. The molecular formula is C51H35N5. The Morgan fingerprint density at radius 1 is 0.321 bits per heavy atom. The van der Waals surface area contributed by atoms with Crippen LogP contribution in [0.25, 0.3) is 72.8 Å². The van der Waals surface area contributed by atoms with Gasteiger partial charge in [0.25, 0.3) is 0 Å². The number of anilines is 3. The second-order valence-electron chi connectivity index (χ2n) is 13.7. The van der Waals surface area contributed by atoms with Crippen LogP contribution in [-0.2, 0) is 0 Å². The maximum absolute atomic E-state index is 5.23. The zero-order valence-corrected chi connectivity index (χ0v) is 30.4. The summed E-state index contributed by atoms with van der Waals surface area (Å²) >= 11 is 0. The van der Waals surface area contributed by atoms with Crippen LogP contribution in [0.2, 0.25) is 0 Å². The van der Waals surface area contributed by atoms with Crippen LogP contribution in [0.3, 0.4) is 0 Å². The highest BCUT2D eigenvalue weighted by Gasteiger charge is 2.20. The lowest BCUT2D eigenvalue weighted by molar-refractivity contribution is 0.954. The molecule has 264 valence electrons. The Morgan fingerprint density at radius 3 is 1.38 bits per heavy atom. The van der Waals surface area contributed by atoms with Gasteiger partial charge in [-0.05, 0) is 59.2 Å². The van der Waals surface area contributed by atoms with E-state index in [1.165, 1.54) is 0 Å². The van der Waals surface area contributed by atoms with Crippen LogP contribution < -0.4 is 4.90 Å². The van der Waals surface area contributed by atoms with Crippen molar-refractivity contribution in [3.63, 3.8) is 0 Å². The minimum atomic E-state index is 0.574. The van der Waals surface area contributed by atoms with Crippen molar-refractivity contribution in [3.8, 4) is 51.0 Å². The van der Waals surface area contributed by atoms with Gasteiger partial charge in [-0.25, -0.2) is 4.98 Å². The fraction of sp³-hybridized carbons (Fsp3) is 0. The Bertz CT molecular complexity index is 2890. The smallest absolute Gasteiger partial charge is 0.238 e. The average molecular weight is 718 g/mol. The fourth-order valence-electron chi connectivity index (χ4n) is 7.60. The van der Waals surface area contributed by atoms with Crippen molar-refractivity contribution in [2.45, 2.75) is 0 Å². The largest absolute Gasteiger partial charge is 0.311 e. The van der Waals surface area contributed by atoms with Crippen molar-refractivity contribution in [1.29, 1.82) is 0 Å². The zero-order chi connectivity index (χ0) is 37.3. The molecule has 0 unspecified atom stereocenters. The monoisotopic (exact) mass is 717 g/mol. The fourth-order valence-corrected chi connectivity index (χ4v) is 7.60. The summed E-state index contributed by atoms with van der Waals surface area (Å²) in [5.41, 5.74) is 11.7. The summed E-state index contributed by atoms with van der Waals surface area (Å²) in [6.07, 6.45) is 0. The molecule has 10 rings (SSSR count). The Morgan fingerprint density at radius 2 is 0.768 bits per heavy atom. The summed E-state index contributed by atoms with van der Waals surface area (Å²) in [5.74, 6) is 1.81. The van der Waals surface area contributed by atoms with E-state index in [9.17, 15) is 0 Å². The first-order valence-electron chi connectivity index (χ1n) is 18.8. The van der Waals surface area contributed by atoms with Gasteiger partial charge < -0.3 is 4.90 Å². The lowest BCUT2D eigenvalue weighted by atomic mass is 10.0. The highest BCUT2D eigenvalue weighted by molar-refractivity contribution is 6.13. The number of fused-ring (bicyclic) bond motifs is 3. The van der Waals surface area contributed by atoms with E-state index in [-0.39, 0.29) is 0 Å². The minimum absolute atomic E-state index is 0.574. The quantitative estimate of drug-likeness (QED) is 0.157. The zero-order valence-electron chi connectivity index (χ0n) is 30.4. The molecule has 0 saturated carbocycles. The van der Waals surface area contributed by atoms with Crippen LogP contribution in [0.5, 0.6) is 0 Å². The molecule has 0 fully saturated rings. The molecule has 0 radical (unpaired) electrons. The molecule has 2 heterocycles. The third-order valence-electron chi connectivity index (χ3n) is 10.3. The maximum Gasteiger partial charge on any atom is 0.238 e. The van der Waals surface area contributed by atoms with E-state index in [1.807, 2.05) is 42.5 Å². The number of para-hydroxylation sites is 4. The standard InChI is InChI=1S/C51H35N5/c1-5-16-38(17-6-1)44-25-15-26-46-45-24-13-14-27-47(45)56(48(44)46)51-53-49(39-18-7-2-8-19-39)52-50(54-51)40-30-28-36(29-31-40)37-32-34-43(35-33-37)55(41-20-9-3-10-21-41)42-22-11-4-12-23-42/h1-35H. The molecule has 5 heteroatoms. The molecule has 8 aromatic carbocycles. The normalized spacial score (nSPS) is 11.2. The molecule has 0 aliphatic carbocycles. The second kappa shape index (κ2) is 14.3. The molecule has 56 heavy (non-hydrogen) atoms. The third kappa shape index (κ3) is 6.07. The van der Waals surface area contributed by atoms with Crippen LogP contribution in [0.1, 0.15) is 0 Å². The van der Waals surface area contributed by atoms with Crippen LogP contribution in [0.4, 0.5) is 17.1 Å². The van der Waals surface area contributed by atoms with Crippen LogP contribution in [-0.4, -0.2) is 19.5 Å². The number of hydrogen-bond donors (Lipinski definition) is 0. The summed E-state index contributed by atoms with van der Waals surface area (Å²) < 4.78 is 2.20. The Labute approximate surface area is 325 Å². The van der Waals surface area contributed by atoms with E-state index < -0.39 is 0 Å². The first kappa shape index (κ1) is 33.0. The van der Waals surface area contributed by atoms with Gasteiger partial charge in [0.2, 0.25) is 5.95 Å². The van der Waals surface area contributed by atoms with Crippen LogP contribution in [0, 0.1) is 0 Å². The lowest BCUT2D eigenvalue weighted by Gasteiger charge is -2.25. The van der Waals surface area contributed by atoms with E-state index in [4.69, 9.17) is 15.0 Å². The number of aromatic nitrogens is 4. The van der Waals surface area contributed by atoms with Crippen molar-refractivity contribution in [1.82, 2.24) is 19.5 Å². The molecule has 0 aliphatic rings. The summed E-state index contributed by atoms with van der Waals surface area (Å²) in [6, 6.07) is 73.9. The van der Waals surface area contributed by atoms with Gasteiger partial charge in [0.1, 0.15) is 0 Å². The summed E-state index contributed by atoms with van der Waals surface area (Å²) in [5, 5.41) is 2.30. The van der Waals surface area contributed by atoms with Crippen LogP contribution >= 0.6 is 0 Å². The van der Waals surface area contributed by atoms with Gasteiger partial charge in [-0.1, -0.05) is 170 Å². The molecule has 0 amide bonds. The highest BCUT2D eigenvalue weighted by atomic mass is 15.2. The first-order valence-corrected chi connectivity index (χ1v) is 18.8. The minimum Gasteiger partial charge on any atom is -0.311 e. The number of rotatable bonds is 8. The molecule has 5 nitrogen and oxygen atoms in total. The van der Waals surface area contributed by atoms with Gasteiger partial charge in [0.05, 0.1) is 11.0 Å². The highest BCUT2D eigenvalue weighted by Crippen LogP contribution is 2.39. The van der Waals surface area contributed by atoms with Gasteiger partial charge in [0, 0.05) is 44.5 Å². The molecule has 0 atom stereocenters. The van der Waals surface area contributed by atoms with Gasteiger partial charge in [-0.15, -0.1) is 0 Å². The molecule has 0 bridgehead atoms. The molecule has 10 aromatic rings. The van der Waals surface area contributed by atoms with Gasteiger partial charge in [-0.2, -0.15) is 9.97 Å². The Hall–Kier alpha value is -7.63. The van der Waals surface area contributed by atoms with Gasteiger partial charge in [-0.3, -0.25) is 4.57 Å². The molecular weight excluding hydrogens is 683 g/mol. The van der Waals surface area contributed by atoms with Gasteiger partial charge in [0.15, 0.2) is 11.6 Å². The summed E-state index contributed by atoms with van der Waals surface area (Å²) in [6.45, 7) is 0. The summed E-state index contributed by atoms with van der Waals surface area (Å²) in [4.78, 5) is 17.8. The van der Waals surface area contributed by atoms with E-state index >= 15 is 0 Å². The third-order valence-corrected chi connectivity index (χ3v) is 10.3. The maximum atomic E-state index is 5.23. The van der Waals surface area contributed by atoms with Gasteiger partial charge >= 0.3 is 0 Å². The topological polar surface area (TPSA) is 46.8 Å². The van der Waals surface area contributed by atoms with Crippen LogP contribution in [0.15, 0.2) is 212 Å². The second-order valence-corrected chi connectivity index (χ2v) is 13.7. The predicted molar refractivity (Wildman–Crippen MR) is 231 cm³/mol. The lowest BCUT2D eigenvalue weighted by Crippen LogP contribution is -2.09. The number of nitrogens with zero attached hydrogens (tertiary/aromatic N) is 5.